The summed E-state index contributed by atoms with van der Waals surface area (Å²) in [4.78, 5) is 4.39. The van der Waals surface area contributed by atoms with Crippen LogP contribution in [0, 0.1) is 5.82 Å². The zero-order valence-electron chi connectivity index (χ0n) is 13.7. The van der Waals surface area contributed by atoms with Crippen molar-refractivity contribution in [2.45, 2.75) is 19.2 Å². The summed E-state index contributed by atoms with van der Waals surface area (Å²) in [5.74, 6) is 0.797. The second-order valence-electron chi connectivity index (χ2n) is 6.37. The van der Waals surface area contributed by atoms with Crippen LogP contribution in [0.4, 0.5) is 4.39 Å². The molecule has 0 bridgehead atoms. The first kappa shape index (κ1) is 16.0. The minimum Gasteiger partial charge on any atom is -0.487 e. The Balaban J connectivity index is 1.83. The monoisotopic (exact) mass is 314 g/mol. The van der Waals surface area contributed by atoms with E-state index in [0.29, 0.717) is 6.54 Å². The lowest BCUT2D eigenvalue weighted by atomic mass is 10.1. The Bertz CT molecular complexity index is 659. The van der Waals surface area contributed by atoms with Gasteiger partial charge in [0.2, 0.25) is 0 Å². The van der Waals surface area contributed by atoms with Crippen molar-refractivity contribution < 1.29 is 9.13 Å². The summed E-state index contributed by atoms with van der Waals surface area (Å²) in [7, 11) is 4.09. The largest absolute Gasteiger partial charge is 0.487 e. The summed E-state index contributed by atoms with van der Waals surface area (Å²) in [6.07, 6.45) is 0.0698. The van der Waals surface area contributed by atoms with E-state index in [1.807, 2.05) is 44.4 Å². The van der Waals surface area contributed by atoms with E-state index in [-0.39, 0.29) is 11.9 Å². The molecule has 2 aromatic carbocycles. The van der Waals surface area contributed by atoms with Crippen molar-refractivity contribution in [3.05, 3.63) is 65.5 Å². The molecule has 1 unspecified atom stereocenters. The van der Waals surface area contributed by atoms with Crippen LogP contribution in [0.25, 0.3) is 0 Å². The smallest absolute Gasteiger partial charge is 0.127 e. The molecule has 0 amide bonds. The Labute approximate surface area is 137 Å². The van der Waals surface area contributed by atoms with Crippen LogP contribution in [-0.4, -0.2) is 43.1 Å². The zero-order chi connectivity index (χ0) is 16.2. The van der Waals surface area contributed by atoms with Crippen molar-refractivity contribution in [1.82, 2.24) is 9.80 Å². The Kier molecular flexibility index (Phi) is 4.94. The summed E-state index contributed by atoms with van der Waals surface area (Å²) in [6, 6.07) is 15.1. The van der Waals surface area contributed by atoms with Gasteiger partial charge in [0.1, 0.15) is 17.7 Å². The second kappa shape index (κ2) is 7.11. The molecule has 0 N–H and O–H groups in total. The molecule has 0 radical (unpaired) electrons. The highest BCUT2D eigenvalue weighted by Crippen LogP contribution is 2.26. The Hall–Kier alpha value is -1.91. The molecule has 2 aromatic rings. The van der Waals surface area contributed by atoms with Gasteiger partial charge in [-0.15, -0.1) is 0 Å². The number of rotatable bonds is 4. The lowest BCUT2D eigenvalue weighted by Gasteiger charge is -2.26. The third kappa shape index (κ3) is 4.09. The van der Waals surface area contributed by atoms with E-state index in [1.165, 1.54) is 6.07 Å². The maximum Gasteiger partial charge on any atom is 0.127 e. The molecule has 1 atom stereocenters. The molecule has 0 saturated heterocycles. The number of nitrogens with zero attached hydrogens (tertiary/aromatic N) is 2. The summed E-state index contributed by atoms with van der Waals surface area (Å²) >= 11 is 0. The molecule has 0 aliphatic carbocycles. The number of halogens is 1. The first-order valence-electron chi connectivity index (χ1n) is 7.97. The molecule has 0 spiro atoms. The highest BCUT2D eigenvalue weighted by atomic mass is 19.1. The molecular weight excluding hydrogens is 291 g/mol. The molecule has 3 nitrogen and oxygen atoms in total. The van der Waals surface area contributed by atoms with Gasteiger partial charge in [0.25, 0.3) is 0 Å². The van der Waals surface area contributed by atoms with E-state index in [2.05, 4.69) is 15.9 Å². The first-order valence-corrected chi connectivity index (χ1v) is 7.97. The summed E-state index contributed by atoms with van der Waals surface area (Å²) in [6.45, 7) is 2.98. The average molecular weight is 314 g/mol. The standard InChI is InChI=1S/C19H23FN2O/c1-21(2)13-17-14-22(11-15-7-3-5-9-18(15)20)12-16-8-4-6-10-19(16)23-17/h3-10,17H,11-14H2,1-2H3. The van der Waals surface area contributed by atoms with Crippen LogP contribution in [0.5, 0.6) is 5.75 Å². The Morgan fingerprint density at radius 3 is 2.65 bits per heavy atom. The molecule has 3 rings (SSSR count). The Morgan fingerprint density at radius 1 is 1.13 bits per heavy atom. The third-order valence-electron chi connectivity index (χ3n) is 4.04. The van der Waals surface area contributed by atoms with Gasteiger partial charge in [-0.25, -0.2) is 4.39 Å². The molecule has 0 fully saturated rings. The third-order valence-corrected chi connectivity index (χ3v) is 4.04. The molecule has 1 aliphatic rings. The van der Waals surface area contributed by atoms with Gasteiger partial charge in [-0.3, -0.25) is 4.90 Å². The summed E-state index contributed by atoms with van der Waals surface area (Å²) in [5, 5.41) is 0. The van der Waals surface area contributed by atoms with Crippen molar-refractivity contribution in [3.8, 4) is 5.75 Å². The maximum absolute atomic E-state index is 14.0. The van der Waals surface area contributed by atoms with E-state index in [1.54, 1.807) is 6.07 Å². The number of likely N-dealkylation sites (N-methyl/N-ethyl adjacent to an activating group) is 1. The van der Waals surface area contributed by atoms with Crippen LogP contribution in [0.15, 0.2) is 48.5 Å². The number of fused-ring (bicyclic) bond motifs is 1. The number of para-hydroxylation sites is 1. The van der Waals surface area contributed by atoms with Crippen LogP contribution < -0.4 is 4.74 Å². The van der Waals surface area contributed by atoms with Crippen LogP contribution in [-0.2, 0) is 13.1 Å². The van der Waals surface area contributed by atoms with Gasteiger partial charge in [-0.1, -0.05) is 36.4 Å². The van der Waals surface area contributed by atoms with Crippen LogP contribution in [0.1, 0.15) is 11.1 Å². The molecule has 122 valence electrons. The lowest BCUT2D eigenvalue weighted by molar-refractivity contribution is 0.116. The number of ether oxygens (including phenoxy) is 1. The minimum atomic E-state index is -0.143. The average Bonchev–Trinajstić information content (AvgIpc) is 2.67. The van der Waals surface area contributed by atoms with Gasteiger partial charge in [-0.2, -0.15) is 0 Å². The fraction of sp³-hybridized carbons (Fsp3) is 0.368. The molecule has 1 heterocycles. The minimum absolute atomic E-state index is 0.0698. The molecule has 0 saturated carbocycles. The van der Waals surface area contributed by atoms with Crippen molar-refractivity contribution in [2.24, 2.45) is 0 Å². The van der Waals surface area contributed by atoms with Gasteiger partial charge >= 0.3 is 0 Å². The van der Waals surface area contributed by atoms with Crippen molar-refractivity contribution in [2.75, 3.05) is 27.2 Å². The zero-order valence-corrected chi connectivity index (χ0v) is 13.7. The van der Waals surface area contributed by atoms with Gasteiger partial charge < -0.3 is 9.64 Å². The quantitative estimate of drug-likeness (QED) is 0.862. The lowest BCUT2D eigenvalue weighted by Crippen LogP contribution is -2.39. The molecule has 4 heteroatoms. The van der Waals surface area contributed by atoms with E-state index in [9.17, 15) is 4.39 Å². The predicted octanol–water partition coefficient (Wildman–Crippen LogP) is 3.15. The van der Waals surface area contributed by atoms with Crippen LogP contribution >= 0.6 is 0 Å². The van der Waals surface area contributed by atoms with Crippen molar-refractivity contribution in [3.63, 3.8) is 0 Å². The van der Waals surface area contributed by atoms with E-state index < -0.39 is 0 Å². The van der Waals surface area contributed by atoms with Crippen LogP contribution in [0.3, 0.4) is 0 Å². The maximum atomic E-state index is 14.0. The van der Waals surface area contributed by atoms with Crippen molar-refractivity contribution >= 4 is 0 Å². The molecule has 23 heavy (non-hydrogen) atoms. The first-order chi connectivity index (χ1) is 11.1. The van der Waals surface area contributed by atoms with Gasteiger partial charge in [0.05, 0.1) is 0 Å². The molecule has 0 aromatic heterocycles. The van der Waals surface area contributed by atoms with E-state index >= 15 is 0 Å². The summed E-state index contributed by atoms with van der Waals surface area (Å²) < 4.78 is 20.2. The topological polar surface area (TPSA) is 15.7 Å². The van der Waals surface area contributed by atoms with Gasteiger partial charge in [-0.05, 0) is 26.2 Å². The normalized spacial score (nSPS) is 18.3. The second-order valence-corrected chi connectivity index (χ2v) is 6.37. The Morgan fingerprint density at radius 2 is 1.87 bits per heavy atom. The molecule has 1 aliphatic heterocycles. The highest BCUT2D eigenvalue weighted by molar-refractivity contribution is 5.34. The predicted molar refractivity (Wildman–Crippen MR) is 89.9 cm³/mol. The fourth-order valence-corrected chi connectivity index (χ4v) is 3.05. The van der Waals surface area contributed by atoms with Gasteiger partial charge in [0.15, 0.2) is 0 Å². The SMILES string of the molecule is CN(C)CC1CN(Cc2ccccc2F)Cc2ccccc2O1. The number of hydrogen-bond acceptors (Lipinski definition) is 3. The van der Waals surface area contributed by atoms with Crippen molar-refractivity contribution in [1.29, 1.82) is 0 Å². The fourth-order valence-electron chi connectivity index (χ4n) is 3.05. The van der Waals surface area contributed by atoms with E-state index in [0.717, 1.165) is 36.5 Å². The number of benzene rings is 2. The summed E-state index contributed by atoms with van der Waals surface area (Å²) in [5.41, 5.74) is 1.89. The number of hydrogen-bond donors (Lipinski definition) is 0. The van der Waals surface area contributed by atoms with Gasteiger partial charge in [0, 0.05) is 37.3 Å². The van der Waals surface area contributed by atoms with Crippen LogP contribution in [0.2, 0.25) is 0 Å². The van der Waals surface area contributed by atoms with E-state index in [4.69, 9.17) is 4.74 Å². The highest BCUT2D eigenvalue weighted by Gasteiger charge is 2.23. The molecular formula is C19H23FN2O.